The Hall–Kier alpha value is -3.52. The first kappa shape index (κ1) is 18.8. The summed E-state index contributed by atoms with van der Waals surface area (Å²) in [6.07, 6.45) is 1.75. The van der Waals surface area contributed by atoms with Gasteiger partial charge in [-0.15, -0.1) is 11.3 Å². The van der Waals surface area contributed by atoms with Crippen molar-refractivity contribution in [3.05, 3.63) is 82.4 Å². The molecule has 0 spiro atoms. The highest BCUT2D eigenvalue weighted by Crippen LogP contribution is 2.13. The van der Waals surface area contributed by atoms with E-state index in [1.807, 2.05) is 47.8 Å². The molecule has 0 saturated heterocycles. The van der Waals surface area contributed by atoms with Gasteiger partial charge in [-0.2, -0.15) is 5.10 Å². The highest BCUT2D eigenvalue weighted by molar-refractivity contribution is 7.09. The third-order valence-corrected chi connectivity index (χ3v) is 5.24. The minimum atomic E-state index is -0.137. The smallest absolute Gasteiger partial charge is 0.251 e. The zero-order valence-electron chi connectivity index (χ0n) is 15.5. The number of thiazole rings is 1. The van der Waals surface area contributed by atoms with Crippen LogP contribution in [-0.4, -0.2) is 26.6 Å². The average molecular weight is 405 g/mol. The van der Waals surface area contributed by atoms with E-state index in [1.165, 1.54) is 11.3 Å². The van der Waals surface area contributed by atoms with Crippen molar-refractivity contribution in [2.45, 2.75) is 19.6 Å². The molecule has 4 aromatic rings. The maximum atomic E-state index is 12.3. The van der Waals surface area contributed by atoms with Gasteiger partial charge in [-0.25, -0.2) is 4.98 Å². The van der Waals surface area contributed by atoms with E-state index in [0.29, 0.717) is 18.7 Å². The minimum absolute atomic E-state index is 0.134. The average Bonchev–Trinajstić information content (AvgIpc) is 3.38. The number of hydrogen-bond acceptors (Lipinski definition) is 5. The first-order chi connectivity index (χ1) is 14.2. The van der Waals surface area contributed by atoms with Crippen LogP contribution in [0.3, 0.4) is 0 Å². The van der Waals surface area contributed by atoms with Gasteiger partial charge in [-0.05, 0) is 18.2 Å². The topological polar surface area (TPSA) is 88.9 Å². The standard InChI is InChI=1S/C21H19N5O2S/c27-19(13-26-18-9-5-4-8-16(18)10-24-26)22-11-17-14-29-20(25-17)12-23-21(28)15-6-2-1-3-7-15/h1-10,14H,11-13H2,(H,22,27)(H,23,28). The summed E-state index contributed by atoms with van der Waals surface area (Å²) in [5.74, 6) is -0.270. The summed E-state index contributed by atoms with van der Waals surface area (Å²) in [6, 6.07) is 16.8. The van der Waals surface area contributed by atoms with E-state index >= 15 is 0 Å². The second-order valence-electron chi connectivity index (χ2n) is 6.42. The van der Waals surface area contributed by atoms with Crippen LogP contribution in [0.15, 0.2) is 66.2 Å². The molecular formula is C21H19N5O2S. The lowest BCUT2D eigenvalue weighted by atomic mass is 10.2. The molecule has 146 valence electrons. The van der Waals surface area contributed by atoms with Gasteiger partial charge in [0.2, 0.25) is 5.91 Å². The highest BCUT2D eigenvalue weighted by atomic mass is 32.1. The largest absolute Gasteiger partial charge is 0.349 e. The van der Waals surface area contributed by atoms with Gasteiger partial charge >= 0.3 is 0 Å². The van der Waals surface area contributed by atoms with Crippen molar-refractivity contribution in [3.63, 3.8) is 0 Å². The summed E-state index contributed by atoms with van der Waals surface area (Å²) < 4.78 is 1.68. The molecule has 4 rings (SSSR count). The van der Waals surface area contributed by atoms with Gasteiger partial charge in [0.15, 0.2) is 0 Å². The van der Waals surface area contributed by atoms with Gasteiger partial charge in [-0.3, -0.25) is 14.3 Å². The van der Waals surface area contributed by atoms with E-state index in [2.05, 4.69) is 20.7 Å². The minimum Gasteiger partial charge on any atom is -0.349 e. The number of nitrogens with zero attached hydrogens (tertiary/aromatic N) is 3. The molecule has 2 aromatic carbocycles. The van der Waals surface area contributed by atoms with Crippen LogP contribution in [0.4, 0.5) is 0 Å². The summed E-state index contributed by atoms with van der Waals surface area (Å²) >= 11 is 1.45. The Morgan fingerprint density at radius 2 is 1.76 bits per heavy atom. The number of para-hydroxylation sites is 1. The van der Waals surface area contributed by atoms with Gasteiger partial charge in [0.25, 0.3) is 5.91 Å². The molecule has 7 nitrogen and oxygen atoms in total. The van der Waals surface area contributed by atoms with E-state index in [1.54, 1.807) is 23.0 Å². The number of carbonyl (C=O) groups excluding carboxylic acids is 2. The fraction of sp³-hybridized carbons (Fsp3) is 0.143. The summed E-state index contributed by atoms with van der Waals surface area (Å²) in [4.78, 5) is 28.8. The number of aromatic nitrogens is 3. The van der Waals surface area contributed by atoms with E-state index < -0.39 is 0 Å². The first-order valence-electron chi connectivity index (χ1n) is 9.13. The number of benzene rings is 2. The van der Waals surface area contributed by atoms with Crippen LogP contribution < -0.4 is 10.6 Å². The van der Waals surface area contributed by atoms with Gasteiger partial charge in [0, 0.05) is 16.3 Å². The van der Waals surface area contributed by atoms with Crippen LogP contribution in [0.25, 0.3) is 10.9 Å². The molecule has 0 saturated carbocycles. The normalized spacial score (nSPS) is 10.8. The third kappa shape index (κ3) is 4.67. The zero-order chi connectivity index (χ0) is 20.1. The van der Waals surface area contributed by atoms with E-state index in [4.69, 9.17) is 0 Å². The number of nitrogens with one attached hydrogen (secondary N) is 2. The van der Waals surface area contributed by atoms with Crippen molar-refractivity contribution in [2.75, 3.05) is 0 Å². The number of rotatable bonds is 7. The van der Waals surface area contributed by atoms with E-state index in [-0.39, 0.29) is 18.4 Å². The second kappa shape index (κ2) is 8.66. The Morgan fingerprint density at radius 3 is 2.62 bits per heavy atom. The molecule has 0 bridgehead atoms. The van der Waals surface area contributed by atoms with Crippen LogP contribution in [0, 0.1) is 0 Å². The lowest BCUT2D eigenvalue weighted by Gasteiger charge is -2.05. The van der Waals surface area contributed by atoms with Crippen LogP contribution in [0.5, 0.6) is 0 Å². The van der Waals surface area contributed by atoms with Crippen molar-refractivity contribution >= 4 is 34.1 Å². The monoisotopic (exact) mass is 405 g/mol. The molecule has 2 aromatic heterocycles. The number of fused-ring (bicyclic) bond motifs is 1. The molecule has 0 fully saturated rings. The molecule has 0 aliphatic carbocycles. The van der Waals surface area contributed by atoms with Crippen molar-refractivity contribution in [1.82, 2.24) is 25.4 Å². The Bertz CT molecular complexity index is 1140. The summed E-state index contributed by atoms with van der Waals surface area (Å²) in [6.45, 7) is 0.838. The summed E-state index contributed by atoms with van der Waals surface area (Å²) in [5, 5.41) is 13.6. The SMILES string of the molecule is O=C(Cn1ncc2ccccc21)NCc1csc(CNC(=O)c2ccccc2)n1. The molecule has 0 aliphatic rings. The zero-order valence-corrected chi connectivity index (χ0v) is 16.4. The molecule has 29 heavy (non-hydrogen) atoms. The van der Waals surface area contributed by atoms with Gasteiger partial charge in [-0.1, -0.05) is 36.4 Å². The third-order valence-electron chi connectivity index (χ3n) is 4.35. The maximum absolute atomic E-state index is 12.3. The van der Waals surface area contributed by atoms with Crippen molar-refractivity contribution in [2.24, 2.45) is 0 Å². The molecule has 2 N–H and O–H groups in total. The molecule has 2 heterocycles. The molecule has 2 amide bonds. The molecule has 0 atom stereocenters. The van der Waals surface area contributed by atoms with E-state index in [0.717, 1.165) is 21.6 Å². The Balaban J connectivity index is 1.27. The lowest BCUT2D eigenvalue weighted by molar-refractivity contribution is -0.121. The second-order valence-corrected chi connectivity index (χ2v) is 7.36. The maximum Gasteiger partial charge on any atom is 0.251 e. The fourth-order valence-corrected chi connectivity index (χ4v) is 3.63. The Kier molecular flexibility index (Phi) is 5.62. The Labute approximate surface area is 171 Å². The number of hydrogen-bond donors (Lipinski definition) is 2. The molecule has 0 aliphatic heterocycles. The Morgan fingerprint density at radius 1 is 0.966 bits per heavy atom. The number of amides is 2. The van der Waals surface area contributed by atoms with Crippen LogP contribution in [-0.2, 0) is 24.4 Å². The molecule has 0 unspecified atom stereocenters. The summed E-state index contributed by atoms with van der Waals surface area (Å²) in [5.41, 5.74) is 2.30. The van der Waals surface area contributed by atoms with Crippen molar-refractivity contribution in [1.29, 1.82) is 0 Å². The molecule has 8 heteroatoms. The predicted octanol–water partition coefficient (Wildman–Crippen LogP) is 2.74. The van der Waals surface area contributed by atoms with Crippen LogP contribution in [0.1, 0.15) is 21.1 Å². The van der Waals surface area contributed by atoms with Crippen molar-refractivity contribution < 1.29 is 9.59 Å². The van der Waals surface area contributed by atoms with E-state index in [9.17, 15) is 9.59 Å². The summed E-state index contributed by atoms with van der Waals surface area (Å²) in [7, 11) is 0. The molecular weight excluding hydrogens is 386 g/mol. The predicted molar refractivity (Wildman–Crippen MR) is 111 cm³/mol. The van der Waals surface area contributed by atoms with Crippen molar-refractivity contribution in [3.8, 4) is 0 Å². The number of carbonyl (C=O) groups is 2. The van der Waals surface area contributed by atoms with Gasteiger partial charge in [0.1, 0.15) is 11.6 Å². The first-order valence-corrected chi connectivity index (χ1v) is 10.0. The van der Waals surface area contributed by atoms with Crippen LogP contribution >= 0.6 is 11.3 Å². The lowest BCUT2D eigenvalue weighted by Crippen LogP contribution is -2.27. The highest BCUT2D eigenvalue weighted by Gasteiger charge is 2.10. The molecule has 0 radical (unpaired) electrons. The van der Waals surface area contributed by atoms with Gasteiger partial charge < -0.3 is 10.6 Å². The van der Waals surface area contributed by atoms with Gasteiger partial charge in [0.05, 0.1) is 30.5 Å². The fourth-order valence-electron chi connectivity index (χ4n) is 2.89. The van der Waals surface area contributed by atoms with Crippen LogP contribution in [0.2, 0.25) is 0 Å². The quantitative estimate of drug-likeness (QED) is 0.495.